The lowest BCUT2D eigenvalue weighted by molar-refractivity contribution is -0.137. The molecule has 2 aromatic rings. The zero-order valence-electron chi connectivity index (χ0n) is 17.9. The maximum atomic E-state index is 13.0. The molecular weight excluding hydrogens is 405 g/mol. The maximum Gasteiger partial charge on any atom is 0.416 e. The number of carbonyl (C=O) groups excluding carboxylic acids is 1. The minimum absolute atomic E-state index is 0.0344. The highest BCUT2D eigenvalue weighted by molar-refractivity contribution is 5.94. The number of alkyl halides is 3. The van der Waals surface area contributed by atoms with Gasteiger partial charge >= 0.3 is 6.18 Å². The summed E-state index contributed by atoms with van der Waals surface area (Å²) in [4.78, 5) is 16.9. The zero-order valence-corrected chi connectivity index (χ0v) is 17.9. The molecule has 31 heavy (non-hydrogen) atoms. The number of hydrogen-bond donors (Lipinski definition) is 0. The number of halogens is 3. The molecule has 168 valence electrons. The van der Waals surface area contributed by atoms with Crippen LogP contribution < -0.4 is 0 Å². The molecule has 3 rings (SSSR count). The first-order valence-corrected chi connectivity index (χ1v) is 10.6. The lowest BCUT2D eigenvalue weighted by atomic mass is 10.1. The van der Waals surface area contributed by atoms with Crippen molar-refractivity contribution < 1.29 is 22.7 Å². The van der Waals surface area contributed by atoms with Crippen LogP contribution in [0, 0.1) is 5.92 Å². The van der Waals surface area contributed by atoms with Crippen LogP contribution in [0.3, 0.4) is 0 Å². The number of benzene rings is 2. The fraction of sp³-hybridized carbons (Fsp3) is 0.458. The standard InChI is InChI=1S/C24H29F3N2O2/c1-18(2)14-29(23(30)20-8-4-3-5-9-20)17-22-16-28(11-12-31-22)15-19-7-6-10-21(13-19)24(25,26)27/h3-10,13,18,22H,11-12,14-17H2,1-2H3. The second kappa shape index (κ2) is 10.3. The largest absolute Gasteiger partial charge is 0.416 e. The Hall–Kier alpha value is -2.38. The molecule has 0 aliphatic carbocycles. The van der Waals surface area contributed by atoms with Crippen molar-refractivity contribution in [1.82, 2.24) is 9.80 Å². The van der Waals surface area contributed by atoms with Gasteiger partial charge in [-0.3, -0.25) is 9.69 Å². The van der Waals surface area contributed by atoms with Gasteiger partial charge in [0, 0.05) is 38.3 Å². The average molecular weight is 435 g/mol. The molecule has 0 radical (unpaired) electrons. The number of rotatable bonds is 7. The van der Waals surface area contributed by atoms with E-state index in [4.69, 9.17) is 4.74 Å². The number of ether oxygens (including phenoxy) is 1. The number of amides is 1. The summed E-state index contributed by atoms with van der Waals surface area (Å²) in [5, 5.41) is 0. The van der Waals surface area contributed by atoms with Crippen LogP contribution in [-0.4, -0.2) is 54.6 Å². The van der Waals surface area contributed by atoms with Crippen molar-refractivity contribution in [3.63, 3.8) is 0 Å². The Labute approximate surface area is 181 Å². The van der Waals surface area contributed by atoms with E-state index in [-0.39, 0.29) is 12.0 Å². The third-order valence-corrected chi connectivity index (χ3v) is 5.20. The molecule has 0 bridgehead atoms. The highest BCUT2D eigenvalue weighted by Gasteiger charge is 2.31. The number of hydrogen-bond acceptors (Lipinski definition) is 3. The molecule has 4 nitrogen and oxygen atoms in total. The number of carbonyl (C=O) groups is 1. The predicted molar refractivity (Wildman–Crippen MR) is 114 cm³/mol. The highest BCUT2D eigenvalue weighted by atomic mass is 19.4. The van der Waals surface area contributed by atoms with Gasteiger partial charge in [0.05, 0.1) is 18.3 Å². The highest BCUT2D eigenvalue weighted by Crippen LogP contribution is 2.30. The van der Waals surface area contributed by atoms with E-state index in [9.17, 15) is 18.0 Å². The van der Waals surface area contributed by atoms with Crippen LogP contribution in [0.4, 0.5) is 13.2 Å². The van der Waals surface area contributed by atoms with Gasteiger partial charge in [0.25, 0.3) is 5.91 Å². The van der Waals surface area contributed by atoms with Gasteiger partial charge in [-0.05, 0) is 29.7 Å². The SMILES string of the molecule is CC(C)CN(CC1CN(Cc2cccc(C(F)(F)F)c2)CCO1)C(=O)c1ccccc1. The maximum absolute atomic E-state index is 13.0. The van der Waals surface area contributed by atoms with Crippen LogP contribution in [0.5, 0.6) is 0 Å². The molecule has 0 saturated carbocycles. The van der Waals surface area contributed by atoms with Crippen molar-refractivity contribution >= 4 is 5.91 Å². The Bertz CT molecular complexity index is 855. The fourth-order valence-electron chi connectivity index (χ4n) is 3.83. The van der Waals surface area contributed by atoms with Gasteiger partial charge in [-0.25, -0.2) is 0 Å². The van der Waals surface area contributed by atoms with Crippen LogP contribution in [0.1, 0.15) is 35.3 Å². The minimum Gasteiger partial charge on any atom is -0.374 e. The molecule has 1 heterocycles. The average Bonchev–Trinajstić information content (AvgIpc) is 2.73. The summed E-state index contributed by atoms with van der Waals surface area (Å²) in [5.74, 6) is 0.269. The van der Waals surface area contributed by atoms with E-state index in [1.54, 1.807) is 18.2 Å². The van der Waals surface area contributed by atoms with Crippen LogP contribution in [0.2, 0.25) is 0 Å². The molecule has 2 aromatic carbocycles. The van der Waals surface area contributed by atoms with Gasteiger partial charge in [-0.1, -0.05) is 50.2 Å². The molecule has 1 aliphatic rings. The Morgan fingerprint density at radius 3 is 2.58 bits per heavy atom. The zero-order chi connectivity index (χ0) is 22.4. The summed E-state index contributed by atoms with van der Waals surface area (Å²) in [7, 11) is 0. The van der Waals surface area contributed by atoms with Crippen LogP contribution in [0.15, 0.2) is 54.6 Å². The normalized spacial score (nSPS) is 17.7. The Morgan fingerprint density at radius 2 is 1.90 bits per heavy atom. The summed E-state index contributed by atoms with van der Waals surface area (Å²) in [5.41, 5.74) is 0.626. The van der Waals surface area contributed by atoms with E-state index in [0.29, 0.717) is 56.4 Å². The van der Waals surface area contributed by atoms with E-state index < -0.39 is 11.7 Å². The van der Waals surface area contributed by atoms with Gasteiger partial charge in [-0.15, -0.1) is 0 Å². The molecule has 0 N–H and O–H groups in total. The molecule has 1 unspecified atom stereocenters. The monoisotopic (exact) mass is 434 g/mol. The first-order valence-electron chi connectivity index (χ1n) is 10.6. The number of morpholine rings is 1. The second-order valence-electron chi connectivity index (χ2n) is 8.40. The van der Waals surface area contributed by atoms with Crippen molar-refractivity contribution in [2.75, 3.05) is 32.8 Å². The third-order valence-electron chi connectivity index (χ3n) is 5.20. The summed E-state index contributed by atoms with van der Waals surface area (Å²) >= 11 is 0. The fourth-order valence-corrected chi connectivity index (χ4v) is 3.83. The molecular formula is C24H29F3N2O2. The quantitative estimate of drug-likeness (QED) is 0.633. The number of nitrogens with zero attached hydrogens (tertiary/aromatic N) is 2. The molecule has 7 heteroatoms. The van der Waals surface area contributed by atoms with Crippen LogP contribution in [0.25, 0.3) is 0 Å². The van der Waals surface area contributed by atoms with Crippen molar-refractivity contribution in [3.8, 4) is 0 Å². The van der Waals surface area contributed by atoms with E-state index in [1.807, 2.05) is 23.1 Å². The van der Waals surface area contributed by atoms with Crippen molar-refractivity contribution in [2.45, 2.75) is 32.7 Å². The van der Waals surface area contributed by atoms with Crippen molar-refractivity contribution in [2.24, 2.45) is 5.92 Å². The molecule has 1 saturated heterocycles. The second-order valence-corrected chi connectivity index (χ2v) is 8.40. The lowest BCUT2D eigenvalue weighted by Crippen LogP contribution is -2.49. The smallest absolute Gasteiger partial charge is 0.374 e. The Kier molecular flexibility index (Phi) is 7.73. The molecule has 1 aliphatic heterocycles. The van der Waals surface area contributed by atoms with Gasteiger partial charge < -0.3 is 9.64 Å². The van der Waals surface area contributed by atoms with E-state index in [2.05, 4.69) is 18.7 Å². The Balaban J connectivity index is 1.65. The van der Waals surface area contributed by atoms with Crippen LogP contribution in [-0.2, 0) is 17.5 Å². The van der Waals surface area contributed by atoms with Gasteiger partial charge in [-0.2, -0.15) is 13.2 Å². The van der Waals surface area contributed by atoms with E-state index in [1.165, 1.54) is 12.1 Å². The summed E-state index contributed by atoms with van der Waals surface area (Å²) in [6.07, 6.45) is -4.54. The summed E-state index contributed by atoms with van der Waals surface area (Å²) in [6, 6.07) is 14.6. The van der Waals surface area contributed by atoms with Gasteiger partial charge in [0.15, 0.2) is 0 Å². The first-order chi connectivity index (χ1) is 14.7. The topological polar surface area (TPSA) is 32.8 Å². The molecule has 1 atom stereocenters. The predicted octanol–water partition coefficient (Wildman–Crippen LogP) is 4.70. The summed E-state index contributed by atoms with van der Waals surface area (Å²) in [6.45, 7) is 7.29. The Morgan fingerprint density at radius 1 is 1.16 bits per heavy atom. The van der Waals surface area contributed by atoms with Gasteiger partial charge in [0.2, 0.25) is 0 Å². The summed E-state index contributed by atoms with van der Waals surface area (Å²) < 4.78 is 44.9. The molecule has 1 fully saturated rings. The van der Waals surface area contributed by atoms with Crippen molar-refractivity contribution in [3.05, 3.63) is 71.3 Å². The first kappa shape index (κ1) is 23.3. The van der Waals surface area contributed by atoms with E-state index in [0.717, 1.165) is 6.07 Å². The molecule has 0 spiro atoms. The van der Waals surface area contributed by atoms with Gasteiger partial charge in [0.1, 0.15) is 0 Å². The van der Waals surface area contributed by atoms with Crippen LogP contribution >= 0.6 is 0 Å². The van der Waals surface area contributed by atoms with E-state index >= 15 is 0 Å². The molecule has 1 amide bonds. The van der Waals surface area contributed by atoms with Crippen molar-refractivity contribution in [1.29, 1.82) is 0 Å². The lowest BCUT2D eigenvalue weighted by Gasteiger charge is -2.36. The third kappa shape index (κ3) is 6.80. The minimum atomic E-state index is -4.35. The molecule has 0 aromatic heterocycles.